The molecule has 0 atom stereocenters. The highest BCUT2D eigenvalue weighted by Crippen LogP contribution is 2.15. The molecule has 98 valence electrons. The van der Waals surface area contributed by atoms with Gasteiger partial charge < -0.3 is 9.64 Å². The fourth-order valence-corrected chi connectivity index (χ4v) is 1.74. The average Bonchev–Trinajstić information content (AvgIpc) is 2.45. The molecule has 0 N–H and O–H groups in total. The van der Waals surface area contributed by atoms with Crippen LogP contribution in [0.15, 0.2) is 54.6 Å². The number of hydrogen-bond donors (Lipinski definition) is 0. The monoisotopic (exact) mass is 255 g/mol. The number of ether oxygens (including phenoxy) is 1. The molecule has 3 heteroatoms. The van der Waals surface area contributed by atoms with Crippen molar-refractivity contribution in [2.24, 2.45) is 0 Å². The van der Waals surface area contributed by atoms with Crippen molar-refractivity contribution < 1.29 is 9.53 Å². The lowest BCUT2D eigenvalue weighted by atomic mass is 10.2. The number of amides is 1. The predicted octanol–water partition coefficient (Wildman–Crippen LogP) is 3.04. The number of carbonyl (C=O) groups excluding carboxylic acids is 1. The van der Waals surface area contributed by atoms with Gasteiger partial charge in [0, 0.05) is 12.7 Å². The van der Waals surface area contributed by atoms with Crippen LogP contribution in [0, 0.1) is 6.92 Å². The fourth-order valence-electron chi connectivity index (χ4n) is 1.74. The summed E-state index contributed by atoms with van der Waals surface area (Å²) in [7, 11) is 1.76. The van der Waals surface area contributed by atoms with Crippen LogP contribution in [0.2, 0.25) is 0 Å². The summed E-state index contributed by atoms with van der Waals surface area (Å²) < 4.78 is 5.45. The highest BCUT2D eigenvalue weighted by molar-refractivity contribution is 5.93. The third-order valence-corrected chi connectivity index (χ3v) is 2.87. The van der Waals surface area contributed by atoms with Gasteiger partial charge >= 0.3 is 0 Å². The van der Waals surface area contributed by atoms with E-state index in [4.69, 9.17) is 4.74 Å². The number of hydrogen-bond acceptors (Lipinski definition) is 2. The van der Waals surface area contributed by atoms with E-state index in [-0.39, 0.29) is 12.5 Å². The highest BCUT2D eigenvalue weighted by Gasteiger charge is 2.11. The van der Waals surface area contributed by atoms with Gasteiger partial charge in [0.15, 0.2) is 6.61 Å². The first-order valence-corrected chi connectivity index (χ1v) is 6.18. The van der Waals surface area contributed by atoms with Crippen molar-refractivity contribution in [2.75, 3.05) is 18.6 Å². The summed E-state index contributed by atoms with van der Waals surface area (Å²) in [5, 5.41) is 0. The number of aryl methyl sites for hydroxylation is 1. The van der Waals surface area contributed by atoms with E-state index in [9.17, 15) is 4.79 Å². The van der Waals surface area contributed by atoms with Gasteiger partial charge in [0.05, 0.1) is 0 Å². The van der Waals surface area contributed by atoms with E-state index in [2.05, 4.69) is 0 Å². The SMILES string of the molecule is Cc1cccc(N(C)C(=O)COc2ccccc2)c1. The van der Waals surface area contributed by atoms with E-state index in [0.29, 0.717) is 5.75 Å². The Hall–Kier alpha value is -2.29. The quantitative estimate of drug-likeness (QED) is 0.840. The maximum absolute atomic E-state index is 12.0. The molecule has 0 saturated carbocycles. The number of likely N-dealkylation sites (N-methyl/N-ethyl adjacent to an activating group) is 1. The lowest BCUT2D eigenvalue weighted by Crippen LogP contribution is -2.31. The Labute approximate surface area is 113 Å². The van der Waals surface area contributed by atoms with E-state index >= 15 is 0 Å². The highest BCUT2D eigenvalue weighted by atomic mass is 16.5. The van der Waals surface area contributed by atoms with Crippen molar-refractivity contribution in [1.29, 1.82) is 0 Å². The van der Waals surface area contributed by atoms with Crippen LogP contribution in [0.1, 0.15) is 5.56 Å². The minimum atomic E-state index is -0.0746. The van der Waals surface area contributed by atoms with Gasteiger partial charge in [-0.25, -0.2) is 0 Å². The Morgan fingerprint density at radius 1 is 1.11 bits per heavy atom. The third kappa shape index (κ3) is 3.58. The maximum atomic E-state index is 12.0. The molecule has 0 aliphatic heterocycles. The van der Waals surface area contributed by atoms with Gasteiger partial charge in [-0.05, 0) is 36.8 Å². The summed E-state index contributed by atoms with van der Waals surface area (Å²) in [5.41, 5.74) is 2.00. The minimum Gasteiger partial charge on any atom is -0.484 e. The number of anilines is 1. The first-order chi connectivity index (χ1) is 9.16. The molecule has 2 rings (SSSR count). The van der Waals surface area contributed by atoms with Crippen LogP contribution in [-0.4, -0.2) is 19.6 Å². The number of benzene rings is 2. The summed E-state index contributed by atoms with van der Waals surface area (Å²) in [5.74, 6) is 0.628. The van der Waals surface area contributed by atoms with Crippen LogP contribution in [0.3, 0.4) is 0 Å². The van der Waals surface area contributed by atoms with Crippen molar-refractivity contribution in [3.8, 4) is 5.75 Å². The zero-order valence-corrected chi connectivity index (χ0v) is 11.2. The van der Waals surface area contributed by atoms with Crippen molar-refractivity contribution in [3.05, 3.63) is 60.2 Å². The average molecular weight is 255 g/mol. The Balaban J connectivity index is 1.96. The molecule has 3 nitrogen and oxygen atoms in total. The Kier molecular flexibility index (Phi) is 4.18. The van der Waals surface area contributed by atoms with E-state index < -0.39 is 0 Å². The maximum Gasteiger partial charge on any atom is 0.264 e. The van der Waals surface area contributed by atoms with Crippen LogP contribution in [0.25, 0.3) is 0 Å². The molecule has 0 fully saturated rings. The van der Waals surface area contributed by atoms with Gasteiger partial charge in [0.2, 0.25) is 0 Å². The molecule has 0 aliphatic rings. The zero-order chi connectivity index (χ0) is 13.7. The van der Waals surface area contributed by atoms with Crippen LogP contribution in [0.4, 0.5) is 5.69 Å². The second-order valence-corrected chi connectivity index (χ2v) is 4.39. The molecule has 2 aromatic carbocycles. The molecular weight excluding hydrogens is 238 g/mol. The first kappa shape index (κ1) is 13.1. The largest absolute Gasteiger partial charge is 0.484 e. The number of carbonyl (C=O) groups is 1. The van der Waals surface area contributed by atoms with Crippen molar-refractivity contribution in [3.63, 3.8) is 0 Å². The Bertz CT molecular complexity index is 552. The molecule has 19 heavy (non-hydrogen) atoms. The first-order valence-electron chi connectivity index (χ1n) is 6.18. The molecule has 0 aromatic heterocycles. The van der Waals surface area contributed by atoms with Gasteiger partial charge in [-0.2, -0.15) is 0 Å². The summed E-state index contributed by atoms with van der Waals surface area (Å²) >= 11 is 0. The lowest BCUT2D eigenvalue weighted by Gasteiger charge is -2.18. The molecule has 0 bridgehead atoms. The number of nitrogens with zero attached hydrogens (tertiary/aromatic N) is 1. The van der Waals surface area contributed by atoms with E-state index in [1.54, 1.807) is 11.9 Å². The van der Waals surface area contributed by atoms with Crippen molar-refractivity contribution in [2.45, 2.75) is 6.92 Å². The summed E-state index contributed by atoms with van der Waals surface area (Å²) in [6.07, 6.45) is 0. The lowest BCUT2D eigenvalue weighted by molar-refractivity contribution is -0.120. The predicted molar refractivity (Wildman–Crippen MR) is 76.5 cm³/mol. The normalized spacial score (nSPS) is 10.0. The van der Waals surface area contributed by atoms with Crippen molar-refractivity contribution >= 4 is 11.6 Å². The Morgan fingerprint density at radius 2 is 1.84 bits per heavy atom. The minimum absolute atomic E-state index is 0.0362. The molecule has 0 aliphatic carbocycles. The molecule has 2 aromatic rings. The molecule has 1 amide bonds. The molecular formula is C16H17NO2. The molecule has 0 saturated heterocycles. The van der Waals surface area contributed by atoms with E-state index in [1.165, 1.54) is 0 Å². The topological polar surface area (TPSA) is 29.5 Å². The van der Waals surface area contributed by atoms with Gasteiger partial charge in [0.25, 0.3) is 5.91 Å². The Morgan fingerprint density at radius 3 is 2.53 bits per heavy atom. The van der Waals surface area contributed by atoms with Gasteiger partial charge in [-0.15, -0.1) is 0 Å². The summed E-state index contributed by atoms with van der Waals surface area (Å²) in [6.45, 7) is 2.04. The van der Waals surface area contributed by atoms with Gasteiger partial charge in [-0.3, -0.25) is 4.79 Å². The molecule has 0 radical (unpaired) electrons. The second-order valence-electron chi connectivity index (χ2n) is 4.39. The van der Waals surface area contributed by atoms with Gasteiger partial charge in [0.1, 0.15) is 5.75 Å². The third-order valence-electron chi connectivity index (χ3n) is 2.87. The van der Waals surface area contributed by atoms with E-state index in [0.717, 1.165) is 11.3 Å². The molecule has 0 unspecified atom stereocenters. The van der Waals surface area contributed by atoms with Crippen LogP contribution >= 0.6 is 0 Å². The summed E-state index contributed by atoms with van der Waals surface area (Å²) in [6, 6.07) is 17.2. The number of rotatable bonds is 4. The summed E-state index contributed by atoms with van der Waals surface area (Å²) in [4.78, 5) is 13.6. The van der Waals surface area contributed by atoms with Crippen LogP contribution in [-0.2, 0) is 4.79 Å². The number of para-hydroxylation sites is 1. The standard InChI is InChI=1S/C16H17NO2/c1-13-7-6-8-14(11-13)17(2)16(18)12-19-15-9-4-3-5-10-15/h3-11H,12H2,1-2H3. The second kappa shape index (κ2) is 6.05. The van der Waals surface area contributed by atoms with E-state index in [1.807, 2.05) is 61.5 Å². The van der Waals surface area contributed by atoms with Crippen LogP contribution < -0.4 is 9.64 Å². The smallest absolute Gasteiger partial charge is 0.264 e. The zero-order valence-electron chi connectivity index (χ0n) is 11.2. The van der Waals surface area contributed by atoms with Crippen LogP contribution in [0.5, 0.6) is 5.75 Å². The molecule has 0 spiro atoms. The molecule has 0 heterocycles. The van der Waals surface area contributed by atoms with Gasteiger partial charge in [-0.1, -0.05) is 30.3 Å². The fraction of sp³-hybridized carbons (Fsp3) is 0.188. The van der Waals surface area contributed by atoms with Crippen molar-refractivity contribution in [1.82, 2.24) is 0 Å².